The van der Waals surface area contributed by atoms with Crippen LogP contribution < -0.4 is 10.1 Å². The first-order valence-corrected chi connectivity index (χ1v) is 13.6. The second kappa shape index (κ2) is 13.2. The van der Waals surface area contributed by atoms with Crippen LogP contribution in [0, 0.1) is 19.8 Å². The summed E-state index contributed by atoms with van der Waals surface area (Å²) < 4.78 is 5.24. The first-order chi connectivity index (χ1) is 18.4. The Balaban J connectivity index is 1.62. The standard InChI is InChI=1S/C29H33N5O3S/c1-20-16-21(2)32-29(31-20)38-19-26(35)34(18-22-8-7-15-30-17-22)27(23-9-5-4-6-10-23)28(36)33-24-11-13-25(37-3)14-12-24/h4-5,7-8,11-17,23,27H,6,9-10,18-19H2,1-3H3,(H,33,36)/t23-,27+/m1/s1. The first-order valence-electron chi connectivity index (χ1n) is 12.7. The molecule has 4 rings (SSSR count). The maximum Gasteiger partial charge on any atom is 0.247 e. The van der Waals surface area contributed by atoms with Crippen molar-refractivity contribution in [1.82, 2.24) is 19.9 Å². The van der Waals surface area contributed by atoms with E-state index in [2.05, 4.69) is 32.4 Å². The minimum atomic E-state index is -0.657. The van der Waals surface area contributed by atoms with Gasteiger partial charge in [-0.05, 0) is 81.0 Å². The summed E-state index contributed by atoms with van der Waals surface area (Å²) in [5.74, 6) is 0.460. The van der Waals surface area contributed by atoms with E-state index < -0.39 is 6.04 Å². The van der Waals surface area contributed by atoms with Gasteiger partial charge in [0.15, 0.2) is 5.16 Å². The number of carbonyl (C=O) groups excluding carboxylic acids is 2. The Morgan fingerprint density at radius 3 is 2.53 bits per heavy atom. The van der Waals surface area contributed by atoms with E-state index in [9.17, 15) is 9.59 Å². The van der Waals surface area contributed by atoms with E-state index in [0.29, 0.717) is 16.6 Å². The molecule has 1 aliphatic carbocycles. The molecule has 2 amide bonds. The van der Waals surface area contributed by atoms with Gasteiger partial charge in [0.2, 0.25) is 11.8 Å². The number of pyridine rings is 1. The number of nitrogens with one attached hydrogen (secondary N) is 1. The molecule has 0 fully saturated rings. The van der Waals surface area contributed by atoms with Crippen molar-refractivity contribution >= 4 is 29.3 Å². The zero-order chi connectivity index (χ0) is 26.9. The smallest absolute Gasteiger partial charge is 0.247 e. The van der Waals surface area contributed by atoms with Crippen molar-refractivity contribution in [3.63, 3.8) is 0 Å². The van der Waals surface area contributed by atoms with Gasteiger partial charge in [0.1, 0.15) is 11.8 Å². The maximum absolute atomic E-state index is 13.9. The highest BCUT2D eigenvalue weighted by Crippen LogP contribution is 2.29. The number of ether oxygens (including phenoxy) is 1. The minimum Gasteiger partial charge on any atom is -0.497 e. The lowest BCUT2D eigenvalue weighted by Crippen LogP contribution is -2.51. The summed E-state index contributed by atoms with van der Waals surface area (Å²) in [5, 5.41) is 3.59. The Bertz CT molecular complexity index is 1250. The number of hydrogen-bond donors (Lipinski definition) is 1. The molecule has 1 aliphatic rings. The highest BCUT2D eigenvalue weighted by Gasteiger charge is 2.36. The molecule has 0 unspecified atom stereocenters. The molecule has 198 valence electrons. The summed E-state index contributed by atoms with van der Waals surface area (Å²) in [6.45, 7) is 4.10. The van der Waals surface area contributed by atoms with Gasteiger partial charge in [0, 0.05) is 36.0 Å². The van der Waals surface area contributed by atoms with Crippen LogP contribution in [0.2, 0.25) is 0 Å². The molecule has 8 nitrogen and oxygen atoms in total. The van der Waals surface area contributed by atoms with Gasteiger partial charge >= 0.3 is 0 Å². The van der Waals surface area contributed by atoms with Crippen LogP contribution in [-0.2, 0) is 16.1 Å². The zero-order valence-electron chi connectivity index (χ0n) is 22.0. The molecule has 2 aromatic heterocycles. The van der Waals surface area contributed by atoms with Crippen LogP contribution in [-0.4, -0.2) is 50.6 Å². The minimum absolute atomic E-state index is 0.0127. The van der Waals surface area contributed by atoms with E-state index in [-0.39, 0.29) is 30.0 Å². The second-order valence-corrected chi connectivity index (χ2v) is 10.3. The van der Waals surface area contributed by atoms with Crippen LogP contribution in [0.5, 0.6) is 5.75 Å². The van der Waals surface area contributed by atoms with Gasteiger partial charge in [0.25, 0.3) is 0 Å². The third-order valence-corrected chi connectivity index (χ3v) is 7.23. The number of allylic oxidation sites excluding steroid dienone is 2. The molecule has 2 atom stereocenters. The fourth-order valence-electron chi connectivity index (χ4n) is 4.60. The summed E-state index contributed by atoms with van der Waals surface area (Å²) in [6, 6.07) is 12.2. The zero-order valence-corrected chi connectivity index (χ0v) is 22.8. The van der Waals surface area contributed by atoms with E-state index in [1.54, 1.807) is 48.7 Å². The third kappa shape index (κ3) is 7.41. The molecule has 1 N–H and O–H groups in total. The topological polar surface area (TPSA) is 97.3 Å². The largest absolute Gasteiger partial charge is 0.497 e. The molecule has 38 heavy (non-hydrogen) atoms. The lowest BCUT2D eigenvalue weighted by molar-refractivity contribution is -0.139. The van der Waals surface area contributed by atoms with Gasteiger partial charge in [-0.1, -0.05) is 30.0 Å². The summed E-state index contributed by atoms with van der Waals surface area (Å²) in [6.07, 6.45) is 10.1. The molecule has 0 bridgehead atoms. The Morgan fingerprint density at radius 2 is 1.89 bits per heavy atom. The van der Waals surface area contributed by atoms with E-state index in [0.717, 1.165) is 36.2 Å². The highest BCUT2D eigenvalue weighted by atomic mass is 32.2. The van der Waals surface area contributed by atoms with Crippen LogP contribution in [0.1, 0.15) is 36.2 Å². The van der Waals surface area contributed by atoms with Crippen molar-refractivity contribution in [2.75, 3.05) is 18.2 Å². The number of hydrogen-bond acceptors (Lipinski definition) is 7. The normalized spacial score (nSPS) is 15.5. The van der Waals surface area contributed by atoms with Crippen LogP contribution in [0.4, 0.5) is 5.69 Å². The fourth-order valence-corrected chi connectivity index (χ4v) is 5.44. The number of amides is 2. The maximum atomic E-state index is 13.9. The van der Waals surface area contributed by atoms with Gasteiger partial charge in [0.05, 0.1) is 12.9 Å². The molecule has 0 spiro atoms. The van der Waals surface area contributed by atoms with Gasteiger partial charge in [-0.25, -0.2) is 9.97 Å². The van der Waals surface area contributed by atoms with E-state index in [1.807, 2.05) is 32.0 Å². The Labute approximate surface area is 227 Å². The van der Waals surface area contributed by atoms with Gasteiger partial charge in [-0.2, -0.15) is 0 Å². The monoisotopic (exact) mass is 531 g/mol. The second-order valence-electron chi connectivity index (χ2n) is 9.31. The van der Waals surface area contributed by atoms with Crippen LogP contribution in [0.15, 0.2) is 72.2 Å². The number of benzene rings is 1. The number of aromatic nitrogens is 3. The van der Waals surface area contributed by atoms with Crippen molar-refractivity contribution in [2.24, 2.45) is 5.92 Å². The molecule has 0 aliphatic heterocycles. The number of carbonyl (C=O) groups is 2. The Morgan fingerprint density at radius 1 is 1.13 bits per heavy atom. The number of anilines is 1. The third-order valence-electron chi connectivity index (χ3n) is 6.40. The lowest BCUT2D eigenvalue weighted by atomic mass is 9.86. The number of methoxy groups -OCH3 is 1. The van der Waals surface area contributed by atoms with E-state index in [4.69, 9.17) is 4.74 Å². The van der Waals surface area contributed by atoms with Crippen molar-refractivity contribution in [3.05, 3.63) is 84.0 Å². The number of rotatable bonds is 10. The average Bonchev–Trinajstić information content (AvgIpc) is 2.92. The highest BCUT2D eigenvalue weighted by molar-refractivity contribution is 7.99. The van der Waals surface area contributed by atoms with Crippen molar-refractivity contribution in [1.29, 1.82) is 0 Å². The van der Waals surface area contributed by atoms with E-state index >= 15 is 0 Å². The predicted molar refractivity (Wildman–Crippen MR) is 149 cm³/mol. The molecule has 9 heteroatoms. The molecule has 0 radical (unpaired) electrons. The summed E-state index contributed by atoms with van der Waals surface area (Å²) in [5.41, 5.74) is 3.22. The number of thioether (sulfide) groups is 1. The molecule has 1 aromatic carbocycles. The van der Waals surface area contributed by atoms with Crippen molar-refractivity contribution in [3.8, 4) is 5.75 Å². The Hall–Kier alpha value is -3.72. The SMILES string of the molecule is COc1ccc(NC(=O)[C@H]([C@@H]2CC=CCC2)N(Cc2cccnc2)C(=O)CSc2nc(C)cc(C)n2)cc1. The summed E-state index contributed by atoms with van der Waals surface area (Å²) in [7, 11) is 1.60. The molecular weight excluding hydrogens is 498 g/mol. The summed E-state index contributed by atoms with van der Waals surface area (Å²) >= 11 is 1.29. The van der Waals surface area contributed by atoms with Crippen LogP contribution in [0.3, 0.4) is 0 Å². The molecule has 3 aromatic rings. The predicted octanol–water partition coefficient (Wildman–Crippen LogP) is 4.98. The molecular formula is C29H33N5O3S. The van der Waals surface area contributed by atoms with Gasteiger partial charge in [-0.15, -0.1) is 0 Å². The molecule has 0 saturated heterocycles. The van der Waals surface area contributed by atoms with Crippen LogP contribution >= 0.6 is 11.8 Å². The quantitative estimate of drug-likeness (QED) is 0.224. The average molecular weight is 532 g/mol. The summed E-state index contributed by atoms with van der Waals surface area (Å²) in [4.78, 5) is 42.5. The Kier molecular flexibility index (Phi) is 9.48. The van der Waals surface area contributed by atoms with Crippen molar-refractivity contribution < 1.29 is 14.3 Å². The molecule has 0 saturated carbocycles. The fraction of sp³-hybridized carbons (Fsp3) is 0.345. The van der Waals surface area contributed by atoms with Crippen LogP contribution in [0.25, 0.3) is 0 Å². The molecule has 2 heterocycles. The van der Waals surface area contributed by atoms with Crippen molar-refractivity contribution in [2.45, 2.75) is 50.9 Å². The number of nitrogens with zero attached hydrogens (tertiary/aromatic N) is 4. The lowest BCUT2D eigenvalue weighted by Gasteiger charge is -2.37. The number of aryl methyl sites for hydroxylation is 2. The van der Waals surface area contributed by atoms with Gasteiger partial charge in [-0.3, -0.25) is 14.6 Å². The van der Waals surface area contributed by atoms with E-state index in [1.165, 1.54) is 11.8 Å². The van der Waals surface area contributed by atoms with Gasteiger partial charge < -0.3 is 15.0 Å². The first kappa shape index (κ1) is 27.3.